The average molecular weight is 436 g/mol. The maximum Gasteiger partial charge on any atom is 0.246 e. The maximum absolute atomic E-state index is 5.93. The fourth-order valence-corrected chi connectivity index (χ4v) is 3.22. The van der Waals surface area contributed by atoms with E-state index in [1.807, 2.05) is 60.6 Å². The number of nitrogens with one attached hydrogen (secondary N) is 2. The number of H-pyrrole nitrogens is 1. The van der Waals surface area contributed by atoms with Crippen LogP contribution in [0.5, 0.6) is 0 Å². The molecule has 0 unspecified atom stereocenters. The molecule has 4 rings (SSSR count). The number of guanidine groups is 1. The summed E-state index contributed by atoms with van der Waals surface area (Å²) in [6.07, 6.45) is 1.84. The molecule has 0 saturated carbocycles. The third kappa shape index (κ3) is 5.10. The summed E-state index contributed by atoms with van der Waals surface area (Å²) >= 11 is 5.93. The molecule has 0 aliphatic carbocycles. The number of imidazole rings is 1. The molecule has 2 aromatic heterocycles. The van der Waals surface area contributed by atoms with Crippen LogP contribution in [0.4, 0.5) is 0 Å². The minimum absolute atomic E-state index is 0.352. The van der Waals surface area contributed by atoms with Gasteiger partial charge in [0, 0.05) is 24.7 Å². The minimum atomic E-state index is 0.352. The van der Waals surface area contributed by atoms with Crippen LogP contribution in [0, 0.1) is 0 Å². The van der Waals surface area contributed by atoms with Crippen LogP contribution in [0.25, 0.3) is 22.6 Å². The first-order chi connectivity index (χ1) is 15.1. The van der Waals surface area contributed by atoms with Crippen LogP contribution in [0.3, 0.4) is 0 Å². The van der Waals surface area contributed by atoms with Crippen LogP contribution in [-0.2, 0) is 13.1 Å². The van der Waals surface area contributed by atoms with Crippen LogP contribution in [0.1, 0.15) is 11.7 Å². The fourth-order valence-electron chi connectivity index (χ4n) is 3.09. The van der Waals surface area contributed by atoms with E-state index in [4.69, 9.17) is 16.1 Å². The highest BCUT2D eigenvalue weighted by Crippen LogP contribution is 2.19. The van der Waals surface area contributed by atoms with E-state index in [9.17, 15) is 0 Å². The number of aromatic nitrogens is 4. The topological polar surface area (TPSA) is 95.2 Å². The summed E-state index contributed by atoms with van der Waals surface area (Å²) in [4.78, 5) is 18.5. The van der Waals surface area contributed by atoms with Crippen molar-refractivity contribution in [3.63, 3.8) is 0 Å². The number of rotatable bonds is 6. The molecule has 0 spiro atoms. The fraction of sp³-hybridized carbons (Fsp3) is 0.182. The van der Waals surface area contributed by atoms with Crippen molar-refractivity contribution in [1.82, 2.24) is 30.3 Å². The number of aromatic amines is 1. The van der Waals surface area contributed by atoms with Crippen molar-refractivity contribution in [3.05, 3.63) is 77.5 Å². The lowest BCUT2D eigenvalue weighted by atomic mass is 10.2. The van der Waals surface area contributed by atoms with E-state index in [1.54, 1.807) is 19.2 Å². The molecule has 0 fully saturated rings. The Morgan fingerprint density at radius 3 is 2.65 bits per heavy atom. The highest BCUT2D eigenvalue weighted by Gasteiger charge is 2.13. The first kappa shape index (κ1) is 20.6. The summed E-state index contributed by atoms with van der Waals surface area (Å²) in [5.74, 6) is 2.50. The van der Waals surface area contributed by atoms with E-state index in [0.717, 1.165) is 22.6 Å². The lowest BCUT2D eigenvalue weighted by Crippen LogP contribution is -2.38. The van der Waals surface area contributed by atoms with Crippen LogP contribution in [0.15, 0.2) is 70.3 Å². The van der Waals surface area contributed by atoms with Gasteiger partial charge in [-0.25, -0.2) is 4.98 Å². The van der Waals surface area contributed by atoms with Crippen molar-refractivity contribution in [2.75, 3.05) is 14.1 Å². The van der Waals surface area contributed by atoms with Crippen molar-refractivity contribution >= 4 is 17.6 Å². The summed E-state index contributed by atoms with van der Waals surface area (Å²) in [7, 11) is 3.66. The number of hydrogen-bond donors (Lipinski definition) is 2. The van der Waals surface area contributed by atoms with Gasteiger partial charge >= 0.3 is 0 Å². The van der Waals surface area contributed by atoms with Gasteiger partial charge in [0.05, 0.1) is 25.0 Å². The Morgan fingerprint density at radius 1 is 1.13 bits per heavy atom. The van der Waals surface area contributed by atoms with Gasteiger partial charge < -0.3 is 19.7 Å². The standard InChI is InChI=1S/C22H22ClN7O/c1-24-22(26-13-20-28-21(29-31-20)16-8-10-17(23)11-9-16)30(2)14-19-25-12-18(27-19)15-6-4-3-5-7-15/h3-12H,13-14H2,1-2H3,(H,24,26)(H,25,27). The summed E-state index contributed by atoms with van der Waals surface area (Å²) in [6.45, 7) is 0.914. The number of benzene rings is 2. The highest BCUT2D eigenvalue weighted by atomic mass is 35.5. The van der Waals surface area contributed by atoms with Crippen molar-refractivity contribution in [2.45, 2.75) is 13.1 Å². The van der Waals surface area contributed by atoms with E-state index in [2.05, 4.69) is 30.4 Å². The number of aliphatic imine (C=N–C) groups is 1. The Hall–Kier alpha value is -3.65. The van der Waals surface area contributed by atoms with E-state index < -0.39 is 0 Å². The molecule has 4 aromatic rings. The molecular weight excluding hydrogens is 414 g/mol. The Labute approximate surface area is 185 Å². The van der Waals surface area contributed by atoms with Gasteiger partial charge in [0.15, 0.2) is 5.96 Å². The van der Waals surface area contributed by atoms with Gasteiger partial charge in [0.25, 0.3) is 0 Å². The zero-order valence-electron chi connectivity index (χ0n) is 17.2. The van der Waals surface area contributed by atoms with Crippen molar-refractivity contribution in [1.29, 1.82) is 0 Å². The number of halogens is 1. The van der Waals surface area contributed by atoms with E-state index >= 15 is 0 Å². The van der Waals surface area contributed by atoms with Gasteiger partial charge in [-0.1, -0.05) is 47.1 Å². The average Bonchev–Trinajstić information content (AvgIpc) is 3.45. The highest BCUT2D eigenvalue weighted by molar-refractivity contribution is 6.30. The summed E-state index contributed by atoms with van der Waals surface area (Å²) in [5.41, 5.74) is 2.92. The molecule has 2 aromatic carbocycles. The maximum atomic E-state index is 5.93. The normalized spacial score (nSPS) is 11.5. The van der Waals surface area contributed by atoms with Gasteiger partial charge in [-0.15, -0.1) is 0 Å². The zero-order valence-corrected chi connectivity index (χ0v) is 18.0. The van der Waals surface area contributed by atoms with Crippen molar-refractivity contribution in [3.8, 4) is 22.6 Å². The van der Waals surface area contributed by atoms with Gasteiger partial charge in [-0.05, 0) is 29.8 Å². The smallest absolute Gasteiger partial charge is 0.246 e. The van der Waals surface area contributed by atoms with Gasteiger partial charge in [0.2, 0.25) is 11.7 Å². The zero-order chi connectivity index (χ0) is 21.6. The first-order valence-corrected chi connectivity index (χ1v) is 10.1. The lowest BCUT2D eigenvalue weighted by molar-refractivity contribution is 0.371. The van der Waals surface area contributed by atoms with E-state index in [-0.39, 0.29) is 0 Å². The second-order valence-corrected chi connectivity index (χ2v) is 7.32. The van der Waals surface area contributed by atoms with Crippen molar-refractivity contribution in [2.24, 2.45) is 4.99 Å². The van der Waals surface area contributed by atoms with E-state index in [1.165, 1.54) is 0 Å². The van der Waals surface area contributed by atoms with Crippen LogP contribution < -0.4 is 5.32 Å². The Bertz CT molecular complexity index is 1150. The molecule has 0 aliphatic rings. The van der Waals surface area contributed by atoms with Crippen molar-refractivity contribution < 1.29 is 4.52 Å². The molecule has 0 bridgehead atoms. The van der Waals surface area contributed by atoms with Crippen LogP contribution in [-0.4, -0.2) is 45.1 Å². The van der Waals surface area contributed by atoms with Gasteiger partial charge in [-0.2, -0.15) is 4.98 Å². The molecule has 31 heavy (non-hydrogen) atoms. The minimum Gasteiger partial charge on any atom is -0.347 e. The largest absolute Gasteiger partial charge is 0.347 e. The van der Waals surface area contributed by atoms with Gasteiger partial charge in [0.1, 0.15) is 5.82 Å². The lowest BCUT2D eigenvalue weighted by Gasteiger charge is -2.20. The molecular formula is C22H22ClN7O. The second kappa shape index (κ2) is 9.44. The summed E-state index contributed by atoms with van der Waals surface area (Å²) < 4.78 is 5.35. The van der Waals surface area contributed by atoms with Crippen LogP contribution in [0.2, 0.25) is 5.02 Å². The SMILES string of the molecule is CN=C(NCc1nc(-c2ccc(Cl)cc2)no1)N(C)Cc1ncc(-c2ccccc2)[nH]1. The molecule has 0 aliphatic heterocycles. The molecule has 2 N–H and O–H groups in total. The molecule has 9 heteroatoms. The quantitative estimate of drug-likeness (QED) is 0.351. The molecule has 158 valence electrons. The summed E-state index contributed by atoms with van der Waals surface area (Å²) in [5, 5.41) is 7.92. The predicted molar refractivity (Wildman–Crippen MR) is 120 cm³/mol. The number of hydrogen-bond acceptors (Lipinski definition) is 5. The monoisotopic (exact) mass is 435 g/mol. The molecule has 2 heterocycles. The summed E-state index contributed by atoms with van der Waals surface area (Å²) in [6, 6.07) is 17.4. The Kier molecular flexibility index (Phi) is 6.28. The first-order valence-electron chi connectivity index (χ1n) is 9.72. The molecule has 8 nitrogen and oxygen atoms in total. The molecule has 0 atom stereocenters. The third-order valence-corrected chi connectivity index (χ3v) is 4.89. The Morgan fingerprint density at radius 2 is 1.90 bits per heavy atom. The third-order valence-electron chi connectivity index (χ3n) is 4.64. The Balaban J connectivity index is 1.35. The predicted octanol–water partition coefficient (Wildman–Crippen LogP) is 3.99. The van der Waals surface area contributed by atoms with Gasteiger partial charge in [-0.3, -0.25) is 4.99 Å². The van der Waals surface area contributed by atoms with Crippen LogP contribution >= 0.6 is 11.6 Å². The number of nitrogens with zero attached hydrogens (tertiary/aromatic N) is 5. The molecule has 0 amide bonds. The van der Waals surface area contributed by atoms with E-state index in [0.29, 0.717) is 35.8 Å². The molecule has 0 radical (unpaired) electrons. The molecule has 0 saturated heterocycles. The second-order valence-electron chi connectivity index (χ2n) is 6.89.